The Balaban J connectivity index is 1.63. The number of hydrazone groups is 1. The number of ether oxygens (including phenoxy) is 1. The normalized spacial score (nSPS) is 11.5. The minimum Gasteiger partial charge on any atom is -0.489 e. The number of halogens is 1. The van der Waals surface area contributed by atoms with Gasteiger partial charge in [0.1, 0.15) is 12.4 Å². The molecule has 5 nitrogen and oxygen atoms in total. The molecule has 0 heterocycles. The van der Waals surface area contributed by atoms with Gasteiger partial charge in [-0.1, -0.05) is 57.9 Å². The lowest BCUT2D eigenvalue weighted by Gasteiger charge is -2.07. The van der Waals surface area contributed by atoms with E-state index in [4.69, 9.17) is 4.74 Å². The van der Waals surface area contributed by atoms with Crippen molar-refractivity contribution in [1.82, 2.24) is 4.83 Å². The van der Waals surface area contributed by atoms with E-state index in [-0.39, 0.29) is 4.90 Å². The van der Waals surface area contributed by atoms with Gasteiger partial charge >= 0.3 is 0 Å². The molecule has 0 aliphatic heterocycles. The van der Waals surface area contributed by atoms with Crippen LogP contribution in [0.5, 0.6) is 5.75 Å². The summed E-state index contributed by atoms with van der Waals surface area (Å²) in [6, 6.07) is 21.7. The first-order valence-corrected chi connectivity index (χ1v) is 10.8. The second-order valence-electron chi connectivity index (χ2n) is 6.16. The molecular weight excluding hydrogens is 440 g/mol. The zero-order chi connectivity index (χ0) is 20.0. The van der Waals surface area contributed by atoms with E-state index in [0.717, 1.165) is 21.2 Å². The lowest BCUT2D eigenvalue weighted by molar-refractivity contribution is 0.306. The third-order valence-electron chi connectivity index (χ3n) is 3.87. The molecule has 0 aromatic heterocycles. The maximum atomic E-state index is 12.2. The van der Waals surface area contributed by atoms with Crippen molar-refractivity contribution in [2.75, 3.05) is 0 Å². The maximum Gasteiger partial charge on any atom is 0.276 e. The van der Waals surface area contributed by atoms with Gasteiger partial charge in [-0.15, -0.1) is 0 Å². The van der Waals surface area contributed by atoms with Gasteiger partial charge in [-0.05, 0) is 54.4 Å². The number of hydrogen-bond donors (Lipinski definition) is 1. The van der Waals surface area contributed by atoms with Gasteiger partial charge in [0.2, 0.25) is 0 Å². The molecule has 0 fully saturated rings. The van der Waals surface area contributed by atoms with Gasteiger partial charge < -0.3 is 4.74 Å². The lowest BCUT2D eigenvalue weighted by Crippen LogP contribution is -2.18. The van der Waals surface area contributed by atoms with E-state index in [2.05, 4.69) is 25.9 Å². The number of nitrogens with zero attached hydrogens (tertiary/aromatic N) is 1. The summed E-state index contributed by atoms with van der Waals surface area (Å²) in [5.74, 6) is 0.672. The quantitative estimate of drug-likeness (QED) is 0.413. The van der Waals surface area contributed by atoms with Crippen LogP contribution in [-0.4, -0.2) is 14.6 Å². The number of hydrogen-bond acceptors (Lipinski definition) is 4. The Morgan fingerprint density at radius 1 is 1.04 bits per heavy atom. The van der Waals surface area contributed by atoms with Crippen molar-refractivity contribution in [2.24, 2.45) is 5.10 Å². The van der Waals surface area contributed by atoms with E-state index >= 15 is 0 Å². The van der Waals surface area contributed by atoms with Crippen molar-refractivity contribution in [3.63, 3.8) is 0 Å². The Hall–Kier alpha value is -2.64. The largest absolute Gasteiger partial charge is 0.489 e. The molecule has 0 saturated carbocycles. The highest BCUT2D eigenvalue weighted by atomic mass is 79.9. The first kappa shape index (κ1) is 20.1. The van der Waals surface area contributed by atoms with E-state index in [1.807, 2.05) is 49.4 Å². The van der Waals surface area contributed by atoms with Crippen LogP contribution in [0.4, 0.5) is 0 Å². The zero-order valence-electron chi connectivity index (χ0n) is 15.2. The Bertz CT molecular complexity index is 1080. The lowest BCUT2D eigenvalue weighted by atomic mass is 10.2. The average Bonchev–Trinajstić information content (AvgIpc) is 2.67. The molecule has 0 atom stereocenters. The number of aryl methyl sites for hydroxylation is 1. The van der Waals surface area contributed by atoms with E-state index in [9.17, 15) is 8.42 Å². The molecule has 0 amide bonds. The summed E-state index contributed by atoms with van der Waals surface area (Å²) < 4.78 is 31.3. The fourth-order valence-electron chi connectivity index (χ4n) is 2.42. The van der Waals surface area contributed by atoms with Gasteiger partial charge in [0.25, 0.3) is 10.0 Å². The highest BCUT2D eigenvalue weighted by molar-refractivity contribution is 9.10. The summed E-state index contributed by atoms with van der Waals surface area (Å²) in [5, 5.41) is 3.86. The minimum atomic E-state index is -3.69. The molecule has 3 rings (SSSR count). The van der Waals surface area contributed by atoms with Gasteiger partial charge in [0.15, 0.2) is 0 Å². The topological polar surface area (TPSA) is 67.8 Å². The molecule has 0 radical (unpaired) electrons. The molecule has 3 aromatic carbocycles. The fraction of sp³-hybridized carbons (Fsp3) is 0.0952. The van der Waals surface area contributed by atoms with Crippen LogP contribution < -0.4 is 9.57 Å². The van der Waals surface area contributed by atoms with E-state index in [1.54, 1.807) is 30.3 Å². The van der Waals surface area contributed by atoms with Crippen molar-refractivity contribution >= 4 is 32.2 Å². The van der Waals surface area contributed by atoms with Gasteiger partial charge in [-0.25, -0.2) is 4.83 Å². The molecule has 3 aromatic rings. The number of rotatable bonds is 7. The van der Waals surface area contributed by atoms with Gasteiger partial charge in [0.05, 0.1) is 11.1 Å². The molecule has 28 heavy (non-hydrogen) atoms. The van der Waals surface area contributed by atoms with Crippen LogP contribution in [0.25, 0.3) is 0 Å². The Kier molecular flexibility index (Phi) is 6.49. The van der Waals surface area contributed by atoms with E-state index < -0.39 is 10.0 Å². The Morgan fingerprint density at radius 2 is 1.79 bits per heavy atom. The monoisotopic (exact) mass is 458 g/mol. The van der Waals surface area contributed by atoms with Crippen LogP contribution in [0, 0.1) is 6.92 Å². The summed E-state index contributed by atoms with van der Waals surface area (Å²) in [5.41, 5.74) is 2.75. The number of sulfonamides is 1. The predicted molar refractivity (Wildman–Crippen MR) is 114 cm³/mol. The Morgan fingerprint density at radius 3 is 2.54 bits per heavy atom. The van der Waals surface area contributed by atoms with Crippen LogP contribution in [-0.2, 0) is 16.6 Å². The van der Waals surface area contributed by atoms with E-state index in [0.29, 0.717) is 12.4 Å². The number of nitrogens with one attached hydrogen (secondary N) is 1. The van der Waals surface area contributed by atoms with Crippen LogP contribution in [0.15, 0.2) is 87.3 Å². The third-order valence-corrected chi connectivity index (χ3v) is 5.60. The van der Waals surface area contributed by atoms with Crippen LogP contribution in [0.2, 0.25) is 0 Å². The second kappa shape index (κ2) is 9.03. The molecule has 0 aliphatic carbocycles. The van der Waals surface area contributed by atoms with Crippen molar-refractivity contribution in [3.8, 4) is 5.75 Å². The average molecular weight is 459 g/mol. The van der Waals surface area contributed by atoms with Crippen molar-refractivity contribution in [2.45, 2.75) is 18.4 Å². The van der Waals surface area contributed by atoms with Gasteiger partial charge in [-0.2, -0.15) is 13.5 Å². The summed E-state index contributed by atoms with van der Waals surface area (Å²) in [7, 11) is -3.69. The minimum absolute atomic E-state index is 0.168. The highest BCUT2D eigenvalue weighted by Gasteiger charge is 2.11. The standard InChI is InChI=1S/C21H19BrN2O3S/c1-16-8-10-21(11-9-16)28(25,26)24-23-14-17-4-3-7-20(13-17)27-15-18-5-2-6-19(22)12-18/h2-14,24H,15H2,1H3. The van der Waals surface area contributed by atoms with Crippen LogP contribution in [0.1, 0.15) is 16.7 Å². The first-order valence-electron chi connectivity index (χ1n) is 8.51. The molecule has 144 valence electrons. The molecule has 7 heteroatoms. The van der Waals surface area contributed by atoms with Crippen LogP contribution >= 0.6 is 15.9 Å². The van der Waals surface area contributed by atoms with E-state index in [1.165, 1.54) is 6.21 Å². The molecule has 0 bridgehead atoms. The van der Waals surface area contributed by atoms with Crippen molar-refractivity contribution < 1.29 is 13.2 Å². The van der Waals surface area contributed by atoms with Crippen LogP contribution in [0.3, 0.4) is 0 Å². The smallest absolute Gasteiger partial charge is 0.276 e. The molecular formula is C21H19BrN2O3S. The fourth-order valence-corrected chi connectivity index (χ4v) is 3.66. The molecule has 0 spiro atoms. The molecule has 0 saturated heterocycles. The molecule has 0 aliphatic rings. The summed E-state index contributed by atoms with van der Waals surface area (Å²) in [6.07, 6.45) is 1.44. The summed E-state index contributed by atoms with van der Waals surface area (Å²) >= 11 is 3.44. The molecule has 0 unspecified atom stereocenters. The van der Waals surface area contributed by atoms with Crippen molar-refractivity contribution in [1.29, 1.82) is 0 Å². The SMILES string of the molecule is Cc1ccc(S(=O)(=O)NN=Cc2cccc(OCc3cccc(Br)c3)c2)cc1. The zero-order valence-corrected chi connectivity index (χ0v) is 17.6. The predicted octanol–water partition coefficient (Wildman–Crippen LogP) is 4.65. The Labute approximate surface area is 173 Å². The second-order valence-corrected chi connectivity index (χ2v) is 8.73. The third kappa shape index (κ3) is 5.68. The number of benzene rings is 3. The highest BCUT2D eigenvalue weighted by Crippen LogP contribution is 2.17. The maximum absolute atomic E-state index is 12.2. The summed E-state index contributed by atoms with van der Waals surface area (Å²) in [4.78, 5) is 2.39. The first-order chi connectivity index (χ1) is 13.4. The molecule has 1 N–H and O–H groups in total. The van der Waals surface area contributed by atoms with Gasteiger partial charge in [-0.3, -0.25) is 0 Å². The van der Waals surface area contributed by atoms with Crippen molar-refractivity contribution in [3.05, 3.63) is 94.0 Å². The van der Waals surface area contributed by atoms with Gasteiger partial charge in [0, 0.05) is 4.47 Å². The summed E-state index contributed by atoms with van der Waals surface area (Å²) in [6.45, 7) is 2.33.